The van der Waals surface area contributed by atoms with Crippen molar-refractivity contribution in [3.05, 3.63) is 24.0 Å². The van der Waals surface area contributed by atoms with E-state index in [-0.39, 0.29) is 5.82 Å². The summed E-state index contributed by atoms with van der Waals surface area (Å²) >= 11 is 0. The predicted octanol–water partition coefficient (Wildman–Crippen LogP) is 4.13. The summed E-state index contributed by atoms with van der Waals surface area (Å²) in [5.74, 6) is 0.495. The molecule has 0 spiro atoms. The number of hydrogen-bond acceptors (Lipinski definition) is 2. The molecule has 2 nitrogen and oxygen atoms in total. The molecule has 1 aromatic rings. The van der Waals surface area contributed by atoms with E-state index in [9.17, 15) is 4.39 Å². The minimum atomic E-state index is -0.166. The number of rotatable bonds is 6. The van der Waals surface area contributed by atoms with Crippen LogP contribution in [0, 0.1) is 11.7 Å². The number of nitrogens with zero attached hydrogens (tertiary/aromatic N) is 1. The standard InChI is InChI=1S/C15H25FN2/c1-11(2)8-9-17-13-6-7-15(14(16)10-13)18(5)12(3)4/h6-7,10-12,17H,8-9H2,1-5H3. The van der Waals surface area contributed by atoms with Crippen LogP contribution in [0.25, 0.3) is 0 Å². The Hall–Kier alpha value is -1.25. The van der Waals surface area contributed by atoms with E-state index < -0.39 is 0 Å². The van der Waals surface area contributed by atoms with Crippen LogP contribution in [0.3, 0.4) is 0 Å². The molecule has 1 N–H and O–H groups in total. The SMILES string of the molecule is CC(C)CCNc1ccc(N(C)C(C)C)c(F)c1. The average Bonchev–Trinajstić information content (AvgIpc) is 2.27. The molecule has 0 radical (unpaired) electrons. The minimum Gasteiger partial charge on any atom is -0.385 e. The van der Waals surface area contributed by atoms with Gasteiger partial charge in [0.1, 0.15) is 5.82 Å². The lowest BCUT2D eigenvalue weighted by Crippen LogP contribution is -2.26. The third-order valence-corrected chi connectivity index (χ3v) is 3.15. The second-order valence-electron chi connectivity index (χ2n) is 5.48. The van der Waals surface area contributed by atoms with Crippen LogP contribution >= 0.6 is 0 Å². The molecule has 1 aromatic carbocycles. The molecule has 102 valence electrons. The molecular weight excluding hydrogens is 227 g/mol. The summed E-state index contributed by atoms with van der Waals surface area (Å²) < 4.78 is 14.0. The van der Waals surface area contributed by atoms with Crippen LogP contribution < -0.4 is 10.2 Å². The molecule has 0 unspecified atom stereocenters. The molecular formula is C15H25FN2. The molecule has 0 aliphatic rings. The van der Waals surface area contributed by atoms with Crippen molar-refractivity contribution in [1.82, 2.24) is 0 Å². The lowest BCUT2D eigenvalue weighted by atomic mass is 10.1. The van der Waals surface area contributed by atoms with Crippen molar-refractivity contribution in [1.29, 1.82) is 0 Å². The second-order valence-corrected chi connectivity index (χ2v) is 5.48. The number of halogens is 1. The summed E-state index contributed by atoms with van der Waals surface area (Å²) in [6.45, 7) is 9.35. The van der Waals surface area contributed by atoms with Crippen molar-refractivity contribution >= 4 is 11.4 Å². The Morgan fingerprint density at radius 2 is 1.89 bits per heavy atom. The molecule has 1 rings (SSSR count). The van der Waals surface area contributed by atoms with Gasteiger partial charge in [0.2, 0.25) is 0 Å². The molecule has 0 saturated heterocycles. The van der Waals surface area contributed by atoms with E-state index in [2.05, 4.69) is 19.2 Å². The Morgan fingerprint density at radius 1 is 1.22 bits per heavy atom. The van der Waals surface area contributed by atoms with E-state index in [0.29, 0.717) is 17.6 Å². The van der Waals surface area contributed by atoms with E-state index in [4.69, 9.17) is 0 Å². The summed E-state index contributed by atoms with van der Waals surface area (Å²) in [5.41, 5.74) is 1.51. The smallest absolute Gasteiger partial charge is 0.148 e. The molecule has 0 heterocycles. The molecule has 0 atom stereocenters. The van der Waals surface area contributed by atoms with Gasteiger partial charge in [-0.15, -0.1) is 0 Å². The van der Waals surface area contributed by atoms with Crippen LogP contribution in [0.15, 0.2) is 18.2 Å². The van der Waals surface area contributed by atoms with Gasteiger partial charge in [-0.3, -0.25) is 0 Å². The monoisotopic (exact) mass is 252 g/mol. The fourth-order valence-corrected chi connectivity index (χ4v) is 1.69. The van der Waals surface area contributed by atoms with Crippen LogP contribution in [-0.2, 0) is 0 Å². The summed E-state index contributed by atoms with van der Waals surface area (Å²) in [6, 6.07) is 5.65. The molecule has 0 aliphatic heterocycles. The average molecular weight is 252 g/mol. The number of hydrogen-bond donors (Lipinski definition) is 1. The first-order chi connectivity index (χ1) is 8.41. The predicted molar refractivity (Wildman–Crippen MR) is 77.9 cm³/mol. The van der Waals surface area contributed by atoms with Crippen LogP contribution in [0.5, 0.6) is 0 Å². The lowest BCUT2D eigenvalue weighted by Gasteiger charge is -2.24. The van der Waals surface area contributed by atoms with Crippen molar-refractivity contribution in [2.24, 2.45) is 5.92 Å². The van der Waals surface area contributed by atoms with Gasteiger partial charge in [0.15, 0.2) is 0 Å². The molecule has 0 fully saturated rings. The lowest BCUT2D eigenvalue weighted by molar-refractivity contribution is 0.604. The van der Waals surface area contributed by atoms with E-state index >= 15 is 0 Å². The molecule has 0 aromatic heterocycles. The first-order valence-corrected chi connectivity index (χ1v) is 6.68. The maximum Gasteiger partial charge on any atom is 0.148 e. The number of anilines is 2. The Kier molecular flexibility index (Phi) is 5.45. The first-order valence-electron chi connectivity index (χ1n) is 6.68. The highest BCUT2D eigenvalue weighted by atomic mass is 19.1. The molecule has 0 saturated carbocycles. The van der Waals surface area contributed by atoms with Crippen molar-refractivity contribution in [3.63, 3.8) is 0 Å². The quantitative estimate of drug-likeness (QED) is 0.819. The van der Waals surface area contributed by atoms with Crippen molar-refractivity contribution < 1.29 is 4.39 Å². The zero-order chi connectivity index (χ0) is 13.7. The molecule has 18 heavy (non-hydrogen) atoms. The van der Waals surface area contributed by atoms with Crippen molar-refractivity contribution in [2.45, 2.75) is 40.2 Å². The van der Waals surface area contributed by atoms with E-state index in [0.717, 1.165) is 18.7 Å². The van der Waals surface area contributed by atoms with Gasteiger partial charge >= 0.3 is 0 Å². The Morgan fingerprint density at radius 3 is 2.39 bits per heavy atom. The summed E-state index contributed by atoms with van der Waals surface area (Å²) in [5, 5.41) is 3.25. The fraction of sp³-hybridized carbons (Fsp3) is 0.600. The second kappa shape index (κ2) is 6.62. The van der Waals surface area contributed by atoms with Gasteiger partial charge in [-0.25, -0.2) is 4.39 Å². The maximum atomic E-state index is 14.0. The van der Waals surface area contributed by atoms with E-state index in [1.807, 2.05) is 37.9 Å². The van der Waals surface area contributed by atoms with Gasteiger partial charge in [0.25, 0.3) is 0 Å². The van der Waals surface area contributed by atoms with Crippen LogP contribution in [0.2, 0.25) is 0 Å². The first kappa shape index (κ1) is 14.8. The van der Waals surface area contributed by atoms with Gasteiger partial charge < -0.3 is 10.2 Å². The van der Waals surface area contributed by atoms with Crippen LogP contribution in [0.4, 0.5) is 15.8 Å². The van der Waals surface area contributed by atoms with E-state index in [1.54, 1.807) is 6.07 Å². The van der Waals surface area contributed by atoms with Gasteiger partial charge in [-0.2, -0.15) is 0 Å². The normalized spacial score (nSPS) is 11.1. The zero-order valence-electron chi connectivity index (χ0n) is 12.1. The fourth-order valence-electron chi connectivity index (χ4n) is 1.69. The highest BCUT2D eigenvalue weighted by molar-refractivity contribution is 5.56. The highest BCUT2D eigenvalue weighted by Gasteiger charge is 2.10. The summed E-state index contributed by atoms with van der Waals surface area (Å²) in [7, 11) is 1.91. The Labute approximate surface area is 110 Å². The number of benzene rings is 1. The van der Waals surface area contributed by atoms with Crippen molar-refractivity contribution in [3.8, 4) is 0 Å². The third kappa shape index (κ3) is 4.21. The van der Waals surface area contributed by atoms with Gasteiger partial charge in [-0.1, -0.05) is 13.8 Å². The molecule has 0 bridgehead atoms. The Bertz CT molecular complexity index is 375. The highest BCUT2D eigenvalue weighted by Crippen LogP contribution is 2.23. The Balaban J connectivity index is 2.67. The molecule has 3 heteroatoms. The summed E-state index contributed by atoms with van der Waals surface area (Å²) in [6.07, 6.45) is 1.09. The topological polar surface area (TPSA) is 15.3 Å². The van der Waals surface area contributed by atoms with Gasteiger partial charge in [0.05, 0.1) is 5.69 Å². The zero-order valence-corrected chi connectivity index (χ0v) is 12.1. The number of nitrogens with one attached hydrogen (secondary N) is 1. The van der Waals surface area contributed by atoms with Crippen molar-refractivity contribution in [2.75, 3.05) is 23.8 Å². The van der Waals surface area contributed by atoms with E-state index in [1.165, 1.54) is 0 Å². The summed E-state index contributed by atoms with van der Waals surface area (Å²) in [4.78, 5) is 1.94. The minimum absolute atomic E-state index is 0.166. The van der Waals surface area contributed by atoms with Crippen LogP contribution in [-0.4, -0.2) is 19.6 Å². The largest absolute Gasteiger partial charge is 0.385 e. The maximum absolute atomic E-state index is 14.0. The third-order valence-electron chi connectivity index (χ3n) is 3.15. The van der Waals surface area contributed by atoms with Gasteiger partial charge in [0, 0.05) is 25.3 Å². The van der Waals surface area contributed by atoms with Gasteiger partial charge in [-0.05, 0) is 44.4 Å². The molecule has 0 aliphatic carbocycles. The molecule has 0 amide bonds. The van der Waals surface area contributed by atoms with Crippen LogP contribution in [0.1, 0.15) is 34.1 Å².